The molecule has 2 atom stereocenters. The third-order valence-electron chi connectivity index (χ3n) is 4.23. The minimum Gasteiger partial charge on any atom is -0.486 e. The summed E-state index contributed by atoms with van der Waals surface area (Å²) in [6, 6.07) is 11.6. The fraction of sp³-hybridized carbons (Fsp3) is 0.278. The van der Waals surface area contributed by atoms with E-state index in [0.29, 0.717) is 18.9 Å². The molecule has 1 saturated carbocycles. The summed E-state index contributed by atoms with van der Waals surface area (Å²) in [6.45, 7) is 1.12. The molecule has 0 aromatic heterocycles. The second-order valence-corrected chi connectivity index (χ2v) is 5.85. The summed E-state index contributed by atoms with van der Waals surface area (Å²) in [4.78, 5) is 12.3. The van der Waals surface area contributed by atoms with Crippen LogP contribution in [0.1, 0.15) is 17.9 Å². The van der Waals surface area contributed by atoms with Crippen LogP contribution in [0.25, 0.3) is 0 Å². The summed E-state index contributed by atoms with van der Waals surface area (Å²) in [5, 5.41) is 2.83. The Balaban J connectivity index is 1.43. The average Bonchev–Trinajstić information content (AvgIpc) is 3.37. The van der Waals surface area contributed by atoms with E-state index in [-0.39, 0.29) is 23.6 Å². The Labute approximate surface area is 133 Å². The number of fused-ring (bicyclic) bond motifs is 1. The molecule has 0 spiro atoms. The Bertz CT molecular complexity index is 744. The van der Waals surface area contributed by atoms with Crippen molar-refractivity contribution in [3.63, 3.8) is 0 Å². The number of hydrogen-bond donors (Lipinski definition) is 1. The number of rotatable bonds is 3. The van der Waals surface area contributed by atoms with Crippen LogP contribution in [0.15, 0.2) is 42.5 Å². The highest BCUT2D eigenvalue weighted by molar-refractivity contribution is 5.95. The van der Waals surface area contributed by atoms with Crippen molar-refractivity contribution in [1.29, 1.82) is 0 Å². The van der Waals surface area contributed by atoms with E-state index in [1.807, 2.05) is 18.2 Å². The van der Waals surface area contributed by atoms with Crippen LogP contribution in [0, 0.1) is 11.7 Å². The van der Waals surface area contributed by atoms with Gasteiger partial charge < -0.3 is 14.8 Å². The fourth-order valence-electron chi connectivity index (χ4n) is 2.91. The summed E-state index contributed by atoms with van der Waals surface area (Å²) < 4.78 is 24.0. The number of amides is 1. The first-order valence-electron chi connectivity index (χ1n) is 7.67. The van der Waals surface area contributed by atoms with E-state index in [1.165, 1.54) is 12.1 Å². The Morgan fingerprint density at radius 3 is 2.57 bits per heavy atom. The predicted molar refractivity (Wildman–Crippen MR) is 83.3 cm³/mol. The van der Waals surface area contributed by atoms with Gasteiger partial charge in [-0.05, 0) is 54.3 Å². The fourth-order valence-corrected chi connectivity index (χ4v) is 2.91. The molecule has 4 rings (SSSR count). The molecule has 0 saturated heterocycles. The molecule has 2 aromatic rings. The number of carbonyl (C=O) groups is 1. The summed E-state index contributed by atoms with van der Waals surface area (Å²) in [5.41, 5.74) is 1.71. The van der Waals surface area contributed by atoms with Gasteiger partial charge >= 0.3 is 0 Å². The van der Waals surface area contributed by atoms with Gasteiger partial charge in [-0.1, -0.05) is 6.07 Å². The van der Waals surface area contributed by atoms with E-state index in [0.717, 1.165) is 23.5 Å². The number of anilines is 1. The Hall–Kier alpha value is -2.56. The van der Waals surface area contributed by atoms with Crippen molar-refractivity contribution >= 4 is 11.6 Å². The molecule has 5 heteroatoms. The van der Waals surface area contributed by atoms with Crippen molar-refractivity contribution < 1.29 is 18.7 Å². The van der Waals surface area contributed by atoms with Crippen molar-refractivity contribution in [2.45, 2.75) is 12.3 Å². The number of halogens is 1. The molecular weight excluding hydrogens is 297 g/mol. The maximum atomic E-state index is 12.9. The lowest BCUT2D eigenvalue weighted by Gasteiger charge is -2.18. The molecular formula is C18H16FNO3. The first-order valence-corrected chi connectivity index (χ1v) is 7.67. The molecule has 1 N–H and O–H groups in total. The molecule has 0 bridgehead atoms. The number of ether oxygens (including phenoxy) is 2. The van der Waals surface area contributed by atoms with Crippen LogP contribution < -0.4 is 14.8 Å². The zero-order chi connectivity index (χ0) is 15.8. The minimum atomic E-state index is -0.316. The van der Waals surface area contributed by atoms with Crippen LogP contribution in [-0.4, -0.2) is 19.1 Å². The molecule has 2 aliphatic rings. The smallest absolute Gasteiger partial charge is 0.228 e. The number of benzene rings is 2. The topological polar surface area (TPSA) is 47.6 Å². The van der Waals surface area contributed by atoms with Gasteiger partial charge in [0.2, 0.25) is 5.91 Å². The van der Waals surface area contributed by atoms with Crippen LogP contribution in [0.3, 0.4) is 0 Å². The zero-order valence-corrected chi connectivity index (χ0v) is 12.4. The quantitative estimate of drug-likeness (QED) is 0.945. The first-order chi connectivity index (χ1) is 11.2. The summed E-state index contributed by atoms with van der Waals surface area (Å²) >= 11 is 0. The second-order valence-electron chi connectivity index (χ2n) is 5.85. The summed E-state index contributed by atoms with van der Waals surface area (Å²) in [5.74, 6) is 1.31. The predicted octanol–water partition coefficient (Wildman–Crippen LogP) is 3.34. The summed E-state index contributed by atoms with van der Waals surface area (Å²) in [6.07, 6.45) is 0.812. The highest BCUT2D eigenvalue weighted by Crippen LogP contribution is 2.49. The Morgan fingerprint density at radius 1 is 1.04 bits per heavy atom. The molecule has 1 aliphatic heterocycles. The van der Waals surface area contributed by atoms with Gasteiger partial charge in [0.15, 0.2) is 11.5 Å². The van der Waals surface area contributed by atoms with Gasteiger partial charge in [-0.15, -0.1) is 0 Å². The zero-order valence-electron chi connectivity index (χ0n) is 12.4. The van der Waals surface area contributed by atoms with E-state index in [1.54, 1.807) is 12.1 Å². The normalized spacial score (nSPS) is 21.6. The molecule has 0 radical (unpaired) electrons. The molecule has 4 nitrogen and oxygen atoms in total. The lowest BCUT2D eigenvalue weighted by atomic mass is 10.1. The standard InChI is InChI=1S/C18H16FNO3/c19-12-2-4-13(5-3-12)20-18(21)15-10-14(15)11-1-6-16-17(9-11)23-8-7-22-16/h1-6,9,14-15H,7-8,10H2,(H,20,21)/t14-,15+/m0/s1. The molecule has 2 aromatic carbocycles. The van der Waals surface area contributed by atoms with Crippen LogP contribution in [-0.2, 0) is 4.79 Å². The van der Waals surface area contributed by atoms with Crippen LogP contribution >= 0.6 is 0 Å². The van der Waals surface area contributed by atoms with E-state index >= 15 is 0 Å². The van der Waals surface area contributed by atoms with Crippen LogP contribution in [0.4, 0.5) is 10.1 Å². The molecule has 1 fully saturated rings. The van der Waals surface area contributed by atoms with E-state index < -0.39 is 0 Å². The minimum absolute atomic E-state index is 0.0310. The third kappa shape index (κ3) is 2.86. The van der Waals surface area contributed by atoms with Gasteiger partial charge in [-0.2, -0.15) is 0 Å². The number of nitrogens with one attached hydrogen (secondary N) is 1. The average molecular weight is 313 g/mol. The van der Waals surface area contributed by atoms with E-state index in [4.69, 9.17) is 9.47 Å². The largest absolute Gasteiger partial charge is 0.486 e. The van der Waals surface area contributed by atoms with Crippen molar-refractivity contribution in [2.75, 3.05) is 18.5 Å². The monoisotopic (exact) mass is 313 g/mol. The Kier molecular flexibility index (Phi) is 3.41. The SMILES string of the molecule is O=C(Nc1ccc(F)cc1)[C@@H]1C[C@H]1c1ccc2c(c1)OCCO2. The maximum absolute atomic E-state index is 12.9. The molecule has 118 valence electrons. The molecule has 23 heavy (non-hydrogen) atoms. The van der Waals surface area contributed by atoms with Crippen molar-refractivity contribution in [1.82, 2.24) is 0 Å². The van der Waals surface area contributed by atoms with Gasteiger partial charge in [0.1, 0.15) is 19.0 Å². The third-order valence-corrected chi connectivity index (χ3v) is 4.23. The molecule has 1 aliphatic carbocycles. The lowest BCUT2D eigenvalue weighted by Crippen LogP contribution is -2.16. The van der Waals surface area contributed by atoms with Crippen molar-refractivity contribution in [3.05, 3.63) is 53.8 Å². The molecule has 0 unspecified atom stereocenters. The van der Waals surface area contributed by atoms with Gasteiger partial charge in [-0.3, -0.25) is 4.79 Å². The van der Waals surface area contributed by atoms with Gasteiger partial charge in [0.25, 0.3) is 0 Å². The highest BCUT2D eigenvalue weighted by Gasteiger charge is 2.44. The van der Waals surface area contributed by atoms with Crippen molar-refractivity contribution in [2.24, 2.45) is 5.92 Å². The maximum Gasteiger partial charge on any atom is 0.228 e. The van der Waals surface area contributed by atoms with E-state index in [2.05, 4.69) is 5.32 Å². The van der Waals surface area contributed by atoms with Gasteiger partial charge in [0, 0.05) is 11.6 Å². The van der Waals surface area contributed by atoms with Gasteiger partial charge in [-0.25, -0.2) is 4.39 Å². The molecule has 1 amide bonds. The second kappa shape index (κ2) is 5.57. The van der Waals surface area contributed by atoms with E-state index in [9.17, 15) is 9.18 Å². The first kappa shape index (κ1) is 14.1. The Morgan fingerprint density at radius 2 is 1.78 bits per heavy atom. The van der Waals surface area contributed by atoms with Crippen LogP contribution in [0.2, 0.25) is 0 Å². The summed E-state index contributed by atoms with van der Waals surface area (Å²) in [7, 11) is 0. The number of carbonyl (C=O) groups excluding carboxylic acids is 1. The van der Waals surface area contributed by atoms with Crippen LogP contribution in [0.5, 0.6) is 11.5 Å². The highest BCUT2D eigenvalue weighted by atomic mass is 19.1. The number of hydrogen-bond acceptors (Lipinski definition) is 3. The van der Waals surface area contributed by atoms with Gasteiger partial charge in [0.05, 0.1) is 0 Å². The van der Waals surface area contributed by atoms with Crippen molar-refractivity contribution in [3.8, 4) is 11.5 Å². The lowest BCUT2D eigenvalue weighted by molar-refractivity contribution is -0.117. The molecule has 1 heterocycles.